The van der Waals surface area contributed by atoms with E-state index >= 15 is 0 Å². The van der Waals surface area contributed by atoms with Gasteiger partial charge in [0.05, 0.1) is 0 Å². The van der Waals surface area contributed by atoms with E-state index in [1.807, 2.05) is 0 Å². The number of carbonyl (C=O) groups is 1. The van der Waals surface area contributed by atoms with Gasteiger partial charge in [0.2, 0.25) is 0 Å². The summed E-state index contributed by atoms with van der Waals surface area (Å²) in [5, 5.41) is 18.6. The average molecular weight is 323 g/mol. The van der Waals surface area contributed by atoms with Crippen LogP contribution in [0.5, 0.6) is 0 Å². The summed E-state index contributed by atoms with van der Waals surface area (Å²) in [7, 11) is 0. The molecule has 0 aliphatic heterocycles. The molecule has 0 aliphatic carbocycles. The number of carbonyl (C=O) groups excluding carboxylic acids is 1. The van der Waals surface area contributed by atoms with Crippen LogP contribution < -0.4 is 0 Å². The second-order valence-corrected chi connectivity index (χ2v) is 5.01. The molecule has 0 saturated heterocycles. The van der Waals surface area contributed by atoms with Gasteiger partial charge in [0.1, 0.15) is 0 Å². The predicted molar refractivity (Wildman–Crippen MR) is 82.2 cm³/mol. The van der Waals surface area contributed by atoms with Gasteiger partial charge in [0.15, 0.2) is 5.84 Å². The molecule has 108 valence electrons. The average Bonchev–Trinajstić information content (AvgIpc) is 2.53. The molecule has 0 saturated carbocycles. The number of hydrogen-bond acceptors (Lipinski definition) is 3. The molecule has 0 aromatic heterocycles. The lowest BCUT2D eigenvalue weighted by molar-refractivity contribution is -0.00309. The lowest BCUT2D eigenvalue weighted by atomic mass is 10.1. The predicted octanol–water partition coefficient (Wildman–Crippen LogP) is 3.94. The second kappa shape index (κ2) is 6.72. The monoisotopic (exact) mass is 322 g/mol. The molecule has 6 heteroatoms. The summed E-state index contributed by atoms with van der Waals surface area (Å²) >= 11 is 11.5. The molecule has 0 fully saturated rings. The molecular formula is C15H12Cl2N2O2. The van der Waals surface area contributed by atoms with Crippen molar-refractivity contribution in [3.8, 4) is 0 Å². The van der Waals surface area contributed by atoms with Gasteiger partial charge in [-0.2, -0.15) is 5.06 Å². The van der Waals surface area contributed by atoms with E-state index in [0.29, 0.717) is 15.6 Å². The summed E-state index contributed by atoms with van der Waals surface area (Å²) in [6.45, 7) is 0. The normalized spacial score (nSPS) is 10.2. The van der Waals surface area contributed by atoms with Gasteiger partial charge < -0.3 is 0 Å². The van der Waals surface area contributed by atoms with Crippen molar-refractivity contribution in [1.82, 2.24) is 5.06 Å². The van der Waals surface area contributed by atoms with Gasteiger partial charge in [-0.25, -0.2) is 0 Å². The summed E-state index contributed by atoms with van der Waals surface area (Å²) in [6, 6.07) is 12.8. The standard InChI is InChI=1S/C15H12Cl2N2O2/c16-9-10-2-1-3-12(8-10)15(20)19(21)14(18)11-4-6-13(17)7-5-11/h1-8,18,21H,9H2. The van der Waals surface area contributed by atoms with Gasteiger partial charge in [0, 0.05) is 22.0 Å². The number of hydrogen-bond donors (Lipinski definition) is 2. The van der Waals surface area contributed by atoms with Crippen LogP contribution in [0.1, 0.15) is 21.5 Å². The lowest BCUT2D eigenvalue weighted by Crippen LogP contribution is -2.33. The van der Waals surface area contributed by atoms with Crippen molar-refractivity contribution in [1.29, 1.82) is 5.41 Å². The van der Waals surface area contributed by atoms with Crippen LogP contribution in [0.25, 0.3) is 0 Å². The van der Waals surface area contributed by atoms with Crippen LogP contribution in [0.3, 0.4) is 0 Å². The van der Waals surface area contributed by atoms with Gasteiger partial charge in [0.25, 0.3) is 5.91 Å². The van der Waals surface area contributed by atoms with E-state index in [1.54, 1.807) is 48.5 Å². The molecule has 0 atom stereocenters. The van der Waals surface area contributed by atoms with Crippen LogP contribution in [0.4, 0.5) is 0 Å². The number of rotatable bonds is 3. The zero-order chi connectivity index (χ0) is 15.4. The van der Waals surface area contributed by atoms with E-state index in [2.05, 4.69) is 0 Å². The fourth-order valence-corrected chi connectivity index (χ4v) is 2.03. The lowest BCUT2D eigenvalue weighted by Gasteiger charge is -2.16. The van der Waals surface area contributed by atoms with E-state index in [-0.39, 0.29) is 17.3 Å². The van der Waals surface area contributed by atoms with Crippen molar-refractivity contribution in [2.24, 2.45) is 0 Å². The Morgan fingerprint density at radius 3 is 2.43 bits per heavy atom. The maximum atomic E-state index is 12.2. The molecule has 0 aliphatic rings. The minimum Gasteiger partial charge on any atom is -0.282 e. The highest BCUT2D eigenvalue weighted by Gasteiger charge is 2.19. The van der Waals surface area contributed by atoms with E-state index in [0.717, 1.165) is 5.56 Å². The van der Waals surface area contributed by atoms with Crippen molar-refractivity contribution in [2.75, 3.05) is 0 Å². The van der Waals surface area contributed by atoms with E-state index in [4.69, 9.17) is 28.6 Å². The first kappa shape index (κ1) is 15.5. The zero-order valence-corrected chi connectivity index (χ0v) is 12.4. The van der Waals surface area contributed by atoms with Crippen molar-refractivity contribution in [3.05, 3.63) is 70.2 Å². The fourth-order valence-electron chi connectivity index (χ4n) is 1.74. The topological polar surface area (TPSA) is 64.4 Å². The largest absolute Gasteiger partial charge is 0.283 e. The Morgan fingerprint density at radius 1 is 1.14 bits per heavy atom. The van der Waals surface area contributed by atoms with Crippen LogP contribution in [-0.2, 0) is 5.88 Å². The van der Waals surface area contributed by atoms with Crippen molar-refractivity contribution < 1.29 is 10.0 Å². The second-order valence-electron chi connectivity index (χ2n) is 4.31. The van der Waals surface area contributed by atoms with Crippen molar-refractivity contribution in [3.63, 3.8) is 0 Å². The highest BCUT2D eigenvalue weighted by Crippen LogP contribution is 2.14. The third-order valence-electron chi connectivity index (χ3n) is 2.85. The van der Waals surface area contributed by atoms with Gasteiger partial charge >= 0.3 is 0 Å². The van der Waals surface area contributed by atoms with Crippen LogP contribution in [-0.4, -0.2) is 22.0 Å². The first-order valence-corrected chi connectivity index (χ1v) is 6.97. The summed E-state index contributed by atoms with van der Waals surface area (Å²) in [5.41, 5.74) is 1.40. The molecule has 0 bridgehead atoms. The third-order valence-corrected chi connectivity index (χ3v) is 3.41. The number of hydroxylamine groups is 2. The molecule has 21 heavy (non-hydrogen) atoms. The van der Waals surface area contributed by atoms with Gasteiger partial charge in [-0.1, -0.05) is 23.7 Å². The Bertz CT molecular complexity index is 672. The van der Waals surface area contributed by atoms with E-state index in [1.165, 1.54) is 0 Å². The van der Waals surface area contributed by atoms with Crippen LogP contribution in [0, 0.1) is 5.41 Å². The first-order chi connectivity index (χ1) is 10.0. The number of nitrogens with zero attached hydrogens (tertiary/aromatic N) is 1. The molecule has 0 heterocycles. The van der Waals surface area contributed by atoms with Gasteiger partial charge in [-0.3, -0.25) is 15.4 Å². The summed E-state index contributed by atoms with van der Waals surface area (Å²) < 4.78 is 0. The number of amides is 1. The van der Waals surface area contributed by atoms with Crippen LogP contribution in [0.15, 0.2) is 48.5 Å². The van der Waals surface area contributed by atoms with E-state index < -0.39 is 5.91 Å². The van der Waals surface area contributed by atoms with Gasteiger partial charge in [-0.05, 0) is 42.0 Å². The Hall–Kier alpha value is -1.88. The summed E-state index contributed by atoms with van der Waals surface area (Å²) in [4.78, 5) is 12.2. The first-order valence-electron chi connectivity index (χ1n) is 6.05. The highest BCUT2D eigenvalue weighted by atomic mass is 35.5. The van der Waals surface area contributed by atoms with Crippen molar-refractivity contribution >= 4 is 34.9 Å². The number of amidine groups is 1. The fraction of sp³-hybridized carbons (Fsp3) is 0.0667. The SMILES string of the molecule is N=C(c1ccc(Cl)cc1)N(O)C(=O)c1cccc(CCl)c1. The molecule has 2 aromatic rings. The molecule has 2 rings (SSSR count). The van der Waals surface area contributed by atoms with E-state index in [9.17, 15) is 10.0 Å². The molecule has 1 amide bonds. The molecular weight excluding hydrogens is 311 g/mol. The number of halogens is 2. The Kier molecular flexibility index (Phi) is 4.96. The molecule has 0 unspecified atom stereocenters. The maximum absolute atomic E-state index is 12.2. The minimum atomic E-state index is -0.693. The zero-order valence-electron chi connectivity index (χ0n) is 10.9. The third kappa shape index (κ3) is 3.61. The molecule has 4 nitrogen and oxygen atoms in total. The summed E-state index contributed by atoms with van der Waals surface area (Å²) in [5.74, 6) is -0.754. The van der Waals surface area contributed by atoms with Crippen LogP contribution in [0.2, 0.25) is 5.02 Å². The highest BCUT2D eigenvalue weighted by molar-refractivity contribution is 6.30. The quantitative estimate of drug-likeness (QED) is 0.295. The minimum absolute atomic E-state index is 0.259. The number of benzene rings is 2. The molecule has 0 spiro atoms. The number of alkyl halides is 1. The van der Waals surface area contributed by atoms with Crippen molar-refractivity contribution in [2.45, 2.75) is 5.88 Å². The Morgan fingerprint density at radius 2 is 1.81 bits per heavy atom. The summed E-state index contributed by atoms with van der Waals surface area (Å²) in [6.07, 6.45) is 0. The molecule has 0 radical (unpaired) electrons. The Balaban J connectivity index is 2.22. The Labute approximate surface area is 132 Å². The molecule has 2 aromatic carbocycles. The smallest absolute Gasteiger partial charge is 0.282 e. The maximum Gasteiger partial charge on any atom is 0.283 e. The van der Waals surface area contributed by atoms with Crippen LogP contribution >= 0.6 is 23.2 Å². The molecule has 2 N–H and O–H groups in total. The number of nitrogens with one attached hydrogen (secondary N) is 1. The van der Waals surface area contributed by atoms with Gasteiger partial charge in [-0.15, -0.1) is 11.6 Å².